The third-order valence-electron chi connectivity index (χ3n) is 2.69. The van der Waals surface area contributed by atoms with Gasteiger partial charge in [0.2, 0.25) is 0 Å². The molecule has 17 heavy (non-hydrogen) atoms. The summed E-state index contributed by atoms with van der Waals surface area (Å²) in [6.45, 7) is 5.55. The van der Waals surface area contributed by atoms with Crippen molar-refractivity contribution in [1.29, 1.82) is 0 Å². The van der Waals surface area contributed by atoms with Crippen LogP contribution in [-0.4, -0.2) is 36.9 Å². The molecule has 0 saturated heterocycles. The summed E-state index contributed by atoms with van der Waals surface area (Å²) in [5.41, 5.74) is 10.3. The largest absolute Gasteiger partial charge is 0.389 e. The zero-order valence-corrected chi connectivity index (χ0v) is 11.1. The third kappa shape index (κ3) is 10.1. The highest BCUT2D eigenvalue weighted by Gasteiger charge is 2.08. The van der Waals surface area contributed by atoms with Crippen molar-refractivity contribution in [2.24, 2.45) is 22.4 Å². The lowest BCUT2D eigenvalue weighted by Crippen LogP contribution is -2.27. The first kappa shape index (κ1) is 16.2. The van der Waals surface area contributed by atoms with E-state index in [-0.39, 0.29) is 12.5 Å². The van der Waals surface area contributed by atoms with Crippen molar-refractivity contribution in [2.45, 2.75) is 45.6 Å². The van der Waals surface area contributed by atoms with Crippen molar-refractivity contribution in [3.63, 3.8) is 0 Å². The Labute approximate surface area is 104 Å². The van der Waals surface area contributed by atoms with Crippen LogP contribution in [0.4, 0.5) is 0 Å². The molecule has 0 aliphatic carbocycles. The average molecular weight is 245 g/mol. The second kappa shape index (κ2) is 10.4. The molecule has 5 nitrogen and oxygen atoms in total. The summed E-state index contributed by atoms with van der Waals surface area (Å²) in [4.78, 5) is 3.73. The zero-order chi connectivity index (χ0) is 13.1. The topological polar surface area (TPSA) is 93.9 Å². The number of aliphatic imine (C=N–C) groups is 1. The molecule has 0 rings (SSSR count). The molecular formula is C12H27N3O2. The zero-order valence-electron chi connectivity index (χ0n) is 11.1. The summed E-state index contributed by atoms with van der Waals surface area (Å²) in [6, 6.07) is 0. The molecule has 0 bridgehead atoms. The maximum Gasteiger partial charge on any atom is 0.185 e. The molecule has 0 aromatic rings. The fourth-order valence-corrected chi connectivity index (χ4v) is 1.53. The van der Waals surface area contributed by atoms with Crippen molar-refractivity contribution in [3.8, 4) is 0 Å². The molecule has 0 fully saturated rings. The van der Waals surface area contributed by atoms with Gasteiger partial charge in [0.15, 0.2) is 5.96 Å². The molecule has 0 amide bonds. The second-order valence-electron chi connectivity index (χ2n) is 4.37. The molecule has 2 unspecified atom stereocenters. The van der Waals surface area contributed by atoms with Crippen LogP contribution in [0.3, 0.4) is 0 Å². The van der Waals surface area contributed by atoms with Crippen molar-refractivity contribution in [1.82, 2.24) is 0 Å². The minimum absolute atomic E-state index is 0.00145. The predicted molar refractivity (Wildman–Crippen MR) is 70.8 cm³/mol. The van der Waals surface area contributed by atoms with Crippen LogP contribution in [0.15, 0.2) is 4.99 Å². The van der Waals surface area contributed by atoms with Crippen LogP contribution in [-0.2, 0) is 4.74 Å². The smallest absolute Gasteiger partial charge is 0.185 e. The molecule has 0 spiro atoms. The first-order valence-electron chi connectivity index (χ1n) is 6.41. The number of hydrogen-bond donors (Lipinski definition) is 3. The van der Waals surface area contributed by atoms with Gasteiger partial charge in [0.25, 0.3) is 0 Å². The van der Waals surface area contributed by atoms with E-state index in [4.69, 9.17) is 16.2 Å². The second-order valence-corrected chi connectivity index (χ2v) is 4.37. The average Bonchev–Trinajstić information content (AvgIpc) is 2.30. The van der Waals surface area contributed by atoms with Crippen LogP contribution in [0.25, 0.3) is 0 Å². The van der Waals surface area contributed by atoms with Gasteiger partial charge in [-0.05, 0) is 12.3 Å². The van der Waals surface area contributed by atoms with Crippen LogP contribution < -0.4 is 11.5 Å². The van der Waals surface area contributed by atoms with Crippen LogP contribution >= 0.6 is 0 Å². The highest BCUT2D eigenvalue weighted by molar-refractivity contribution is 5.75. The lowest BCUT2D eigenvalue weighted by atomic mass is 10.0. The number of nitrogens with zero attached hydrogens (tertiary/aromatic N) is 1. The van der Waals surface area contributed by atoms with Gasteiger partial charge in [-0.3, -0.25) is 4.99 Å². The van der Waals surface area contributed by atoms with Gasteiger partial charge in [-0.15, -0.1) is 0 Å². The first-order valence-corrected chi connectivity index (χ1v) is 6.41. The molecule has 5 heteroatoms. The molecule has 0 radical (unpaired) electrons. The number of rotatable bonds is 10. The fourth-order valence-electron chi connectivity index (χ4n) is 1.53. The Morgan fingerprint density at radius 1 is 1.29 bits per heavy atom. The van der Waals surface area contributed by atoms with E-state index in [1.807, 2.05) is 0 Å². The molecule has 0 aromatic carbocycles. The van der Waals surface area contributed by atoms with Crippen molar-refractivity contribution >= 4 is 5.96 Å². The van der Waals surface area contributed by atoms with E-state index in [0.717, 1.165) is 6.42 Å². The molecular weight excluding hydrogens is 218 g/mol. The van der Waals surface area contributed by atoms with Gasteiger partial charge in [-0.2, -0.15) is 0 Å². The number of aliphatic hydroxyl groups is 1. The van der Waals surface area contributed by atoms with Gasteiger partial charge >= 0.3 is 0 Å². The van der Waals surface area contributed by atoms with Gasteiger partial charge in [0, 0.05) is 6.61 Å². The molecule has 5 N–H and O–H groups in total. The van der Waals surface area contributed by atoms with Gasteiger partial charge in [0.05, 0.1) is 19.3 Å². The molecule has 0 heterocycles. The molecule has 0 aromatic heterocycles. The monoisotopic (exact) mass is 245 g/mol. The molecule has 0 aliphatic rings. The summed E-state index contributed by atoms with van der Waals surface area (Å²) in [6.07, 6.45) is 4.13. The van der Waals surface area contributed by atoms with Crippen molar-refractivity contribution < 1.29 is 9.84 Å². The highest BCUT2D eigenvalue weighted by atomic mass is 16.5. The Balaban J connectivity index is 3.62. The quantitative estimate of drug-likeness (QED) is 0.393. The van der Waals surface area contributed by atoms with Gasteiger partial charge < -0.3 is 21.3 Å². The summed E-state index contributed by atoms with van der Waals surface area (Å²) >= 11 is 0. The van der Waals surface area contributed by atoms with Gasteiger partial charge in [-0.1, -0.05) is 33.1 Å². The van der Waals surface area contributed by atoms with E-state index in [2.05, 4.69) is 18.8 Å². The number of aliphatic hydroxyl groups excluding tert-OH is 1. The van der Waals surface area contributed by atoms with E-state index in [1.165, 1.54) is 19.3 Å². The number of hydrogen-bond acceptors (Lipinski definition) is 3. The maximum atomic E-state index is 9.52. The Bertz CT molecular complexity index is 206. The number of unbranched alkanes of at least 4 members (excludes halogenated alkanes) is 1. The van der Waals surface area contributed by atoms with Crippen molar-refractivity contribution in [2.75, 3.05) is 19.8 Å². The Hall–Kier alpha value is -0.810. The third-order valence-corrected chi connectivity index (χ3v) is 2.69. The van der Waals surface area contributed by atoms with Crippen LogP contribution in [0.5, 0.6) is 0 Å². The van der Waals surface area contributed by atoms with Gasteiger partial charge in [0.1, 0.15) is 0 Å². The lowest BCUT2D eigenvalue weighted by Gasteiger charge is -2.16. The molecule has 2 atom stereocenters. The van der Waals surface area contributed by atoms with E-state index in [1.54, 1.807) is 0 Å². The Morgan fingerprint density at radius 2 is 2.00 bits per heavy atom. The van der Waals surface area contributed by atoms with Crippen LogP contribution in [0, 0.1) is 5.92 Å². The fraction of sp³-hybridized carbons (Fsp3) is 0.917. The molecule has 0 aliphatic heterocycles. The lowest BCUT2D eigenvalue weighted by molar-refractivity contribution is 0.0230. The summed E-state index contributed by atoms with van der Waals surface area (Å²) in [7, 11) is 0. The standard InChI is InChI=1S/C12H27N3O2/c1-3-5-6-10(4-2)8-17-9-11(16)7-15-12(13)14/h10-11,16H,3-9H2,1-2H3,(H4,13,14,15). The summed E-state index contributed by atoms with van der Waals surface area (Å²) in [5, 5.41) is 9.52. The number of guanidine groups is 1. The summed E-state index contributed by atoms with van der Waals surface area (Å²) < 4.78 is 5.48. The SMILES string of the molecule is CCCCC(CC)COCC(O)CN=C(N)N. The van der Waals surface area contributed by atoms with Crippen molar-refractivity contribution in [3.05, 3.63) is 0 Å². The normalized spacial score (nSPS) is 14.3. The molecule has 102 valence electrons. The van der Waals surface area contributed by atoms with Crippen LogP contribution in [0.1, 0.15) is 39.5 Å². The predicted octanol–water partition coefficient (Wildman–Crippen LogP) is 0.854. The Morgan fingerprint density at radius 3 is 2.53 bits per heavy atom. The first-order chi connectivity index (χ1) is 8.10. The van der Waals surface area contributed by atoms with Gasteiger partial charge in [-0.25, -0.2) is 0 Å². The maximum absolute atomic E-state index is 9.52. The minimum atomic E-state index is -0.624. The van der Waals surface area contributed by atoms with E-state index in [9.17, 15) is 5.11 Å². The van der Waals surface area contributed by atoms with E-state index in [0.29, 0.717) is 19.1 Å². The van der Waals surface area contributed by atoms with E-state index < -0.39 is 6.10 Å². The minimum Gasteiger partial charge on any atom is -0.389 e. The summed E-state index contributed by atoms with van der Waals surface area (Å²) in [5.74, 6) is 0.587. The van der Waals surface area contributed by atoms with Crippen LogP contribution in [0.2, 0.25) is 0 Å². The number of nitrogens with two attached hydrogens (primary N) is 2. The molecule has 0 saturated carbocycles. The number of ether oxygens (including phenoxy) is 1. The highest BCUT2D eigenvalue weighted by Crippen LogP contribution is 2.12. The van der Waals surface area contributed by atoms with E-state index >= 15 is 0 Å². The Kier molecular flexibility index (Phi) is 9.86.